The van der Waals surface area contributed by atoms with Crippen molar-refractivity contribution < 1.29 is 4.79 Å². The Hall–Kier alpha value is -0.760. The molecule has 0 aliphatic carbocycles. The molecule has 0 aliphatic heterocycles. The number of aromatic nitrogens is 1. The van der Waals surface area contributed by atoms with E-state index in [4.69, 9.17) is 11.6 Å². The second-order valence-electron chi connectivity index (χ2n) is 3.00. The average Bonchev–Trinajstić information content (AvgIpc) is 2.51. The van der Waals surface area contributed by atoms with Crippen LogP contribution in [0.3, 0.4) is 0 Å². The number of carbonyl (C=O) groups excluding carboxylic acids is 1. The molecule has 0 saturated heterocycles. The summed E-state index contributed by atoms with van der Waals surface area (Å²) in [4.78, 5) is 11.1. The second kappa shape index (κ2) is 3.76. The molecule has 2 nitrogen and oxygen atoms in total. The summed E-state index contributed by atoms with van der Waals surface area (Å²) in [5.41, 5.74) is 0.693. The molecule has 1 heterocycles. The third kappa shape index (κ3) is 1.89. The van der Waals surface area contributed by atoms with Crippen molar-refractivity contribution in [1.29, 1.82) is 0 Å². The van der Waals surface area contributed by atoms with Crippen molar-refractivity contribution in [3.05, 3.63) is 24.0 Å². The summed E-state index contributed by atoms with van der Waals surface area (Å²) in [6.07, 6.45) is 3.72. The van der Waals surface area contributed by atoms with Gasteiger partial charge in [0.15, 0.2) is 5.78 Å². The van der Waals surface area contributed by atoms with Gasteiger partial charge in [-0.25, -0.2) is 0 Å². The lowest BCUT2D eigenvalue weighted by atomic mass is 10.2. The van der Waals surface area contributed by atoms with Gasteiger partial charge in [0.2, 0.25) is 0 Å². The number of Topliss-reactive ketones (excluding diaryl/α,β-unsaturated/α-hetero) is 1. The fraction of sp³-hybridized carbons (Fsp3) is 0.444. The number of alkyl halides is 1. The van der Waals surface area contributed by atoms with Crippen LogP contribution in [0.25, 0.3) is 0 Å². The van der Waals surface area contributed by atoms with Gasteiger partial charge in [0.25, 0.3) is 0 Å². The van der Waals surface area contributed by atoms with E-state index in [0.29, 0.717) is 11.6 Å². The van der Waals surface area contributed by atoms with Crippen LogP contribution in [0.2, 0.25) is 0 Å². The van der Waals surface area contributed by atoms with E-state index in [-0.39, 0.29) is 11.7 Å². The van der Waals surface area contributed by atoms with Crippen molar-refractivity contribution in [3.8, 4) is 0 Å². The Morgan fingerprint density at radius 1 is 1.67 bits per heavy atom. The van der Waals surface area contributed by atoms with Gasteiger partial charge in [-0.05, 0) is 19.9 Å². The highest BCUT2D eigenvalue weighted by Gasteiger charge is 2.06. The number of ketones is 1. The van der Waals surface area contributed by atoms with Crippen molar-refractivity contribution in [3.63, 3.8) is 0 Å². The number of carbonyl (C=O) groups is 1. The molecule has 0 aliphatic rings. The van der Waals surface area contributed by atoms with Gasteiger partial charge in [0.1, 0.15) is 0 Å². The minimum atomic E-state index is -0.0175. The fourth-order valence-corrected chi connectivity index (χ4v) is 1.13. The molecule has 0 saturated carbocycles. The molecule has 12 heavy (non-hydrogen) atoms. The quantitative estimate of drug-likeness (QED) is 0.524. The highest BCUT2D eigenvalue weighted by atomic mass is 35.5. The van der Waals surface area contributed by atoms with Crippen LogP contribution in [0.1, 0.15) is 30.2 Å². The summed E-state index contributed by atoms with van der Waals surface area (Å²) in [6, 6.07) is 2.19. The van der Waals surface area contributed by atoms with Gasteiger partial charge >= 0.3 is 0 Å². The van der Waals surface area contributed by atoms with Gasteiger partial charge in [0, 0.05) is 24.0 Å². The van der Waals surface area contributed by atoms with Gasteiger partial charge in [-0.1, -0.05) is 0 Å². The summed E-state index contributed by atoms with van der Waals surface area (Å²) in [5.74, 6) is 0.0401. The number of hydrogen-bond donors (Lipinski definition) is 0. The van der Waals surface area contributed by atoms with Crippen molar-refractivity contribution >= 4 is 17.4 Å². The monoisotopic (exact) mass is 185 g/mol. The molecule has 0 bridgehead atoms. The largest absolute Gasteiger partial charge is 0.351 e. The molecule has 0 radical (unpaired) electrons. The van der Waals surface area contributed by atoms with E-state index in [1.54, 1.807) is 6.07 Å². The summed E-state index contributed by atoms with van der Waals surface area (Å²) in [7, 11) is 0. The molecule has 0 fully saturated rings. The van der Waals surface area contributed by atoms with E-state index in [1.165, 1.54) is 0 Å². The molecule has 0 atom stereocenters. The second-order valence-corrected chi connectivity index (χ2v) is 3.27. The maximum Gasteiger partial charge on any atom is 0.179 e. The van der Waals surface area contributed by atoms with Gasteiger partial charge in [-0.15, -0.1) is 11.6 Å². The van der Waals surface area contributed by atoms with Crippen LogP contribution in [0.4, 0.5) is 0 Å². The number of rotatable bonds is 3. The number of halogens is 1. The molecular weight excluding hydrogens is 174 g/mol. The zero-order chi connectivity index (χ0) is 9.14. The van der Waals surface area contributed by atoms with E-state index in [2.05, 4.69) is 13.8 Å². The summed E-state index contributed by atoms with van der Waals surface area (Å²) < 4.78 is 1.99. The standard InChI is InChI=1S/C9H12ClNO/c1-7(2)11-4-3-8(6-11)9(12)5-10/h3-4,6-7H,5H2,1-2H3. The summed E-state index contributed by atoms with van der Waals surface area (Å²) >= 11 is 5.42. The predicted octanol–water partition coefficient (Wildman–Crippen LogP) is 2.49. The molecule has 1 aromatic rings. The first-order valence-corrected chi connectivity index (χ1v) is 4.45. The fourth-order valence-electron chi connectivity index (χ4n) is 0.976. The van der Waals surface area contributed by atoms with Gasteiger partial charge in [-0.2, -0.15) is 0 Å². The summed E-state index contributed by atoms with van der Waals surface area (Å²) in [6.45, 7) is 4.13. The zero-order valence-electron chi connectivity index (χ0n) is 7.25. The summed E-state index contributed by atoms with van der Waals surface area (Å²) in [5, 5.41) is 0. The van der Waals surface area contributed by atoms with Crippen LogP contribution in [-0.4, -0.2) is 16.2 Å². The van der Waals surface area contributed by atoms with E-state index >= 15 is 0 Å². The Bertz CT molecular complexity index is 278. The van der Waals surface area contributed by atoms with Crippen LogP contribution < -0.4 is 0 Å². The van der Waals surface area contributed by atoms with Crippen LogP contribution in [0, 0.1) is 0 Å². The molecule has 1 rings (SSSR count). The molecule has 66 valence electrons. The Morgan fingerprint density at radius 2 is 2.33 bits per heavy atom. The van der Waals surface area contributed by atoms with Gasteiger partial charge in [0.05, 0.1) is 5.88 Å². The normalized spacial score (nSPS) is 10.7. The molecule has 1 aromatic heterocycles. The van der Waals surface area contributed by atoms with Crippen LogP contribution in [0.5, 0.6) is 0 Å². The molecule has 0 amide bonds. The van der Waals surface area contributed by atoms with E-state index in [9.17, 15) is 4.79 Å². The van der Waals surface area contributed by atoms with E-state index in [1.807, 2.05) is 17.0 Å². The number of nitrogens with zero attached hydrogens (tertiary/aromatic N) is 1. The van der Waals surface area contributed by atoms with Crippen LogP contribution in [-0.2, 0) is 0 Å². The van der Waals surface area contributed by atoms with Crippen molar-refractivity contribution in [2.24, 2.45) is 0 Å². The van der Waals surface area contributed by atoms with E-state index < -0.39 is 0 Å². The van der Waals surface area contributed by atoms with Crippen LogP contribution >= 0.6 is 11.6 Å². The topological polar surface area (TPSA) is 22.0 Å². The van der Waals surface area contributed by atoms with Gasteiger partial charge < -0.3 is 4.57 Å². The Kier molecular flexibility index (Phi) is 2.93. The minimum absolute atomic E-state index is 0.0175. The Balaban J connectivity index is 2.84. The van der Waals surface area contributed by atoms with Crippen molar-refractivity contribution in [2.45, 2.75) is 19.9 Å². The first kappa shape index (κ1) is 9.33. The van der Waals surface area contributed by atoms with Crippen molar-refractivity contribution in [2.75, 3.05) is 5.88 Å². The highest BCUT2D eigenvalue weighted by molar-refractivity contribution is 6.30. The molecule has 3 heteroatoms. The molecule has 0 aromatic carbocycles. The predicted molar refractivity (Wildman–Crippen MR) is 49.9 cm³/mol. The lowest BCUT2D eigenvalue weighted by Gasteiger charge is -2.04. The molecule has 0 spiro atoms. The smallest absolute Gasteiger partial charge is 0.179 e. The maximum atomic E-state index is 11.1. The lowest BCUT2D eigenvalue weighted by molar-refractivity contribution is 0.102. The molecule has 0 N–H and O–H groups in total. The molecule has 0 unspecified atom stereocenters. The van der Waals surface area contributed by atoms with Crippen molar-refractivity contribution in [1.82, 2.24) is 4.57 Å². The average molecular weight is 186 g/mol. The van der Waals surface area contributed by atoms with Gasteiger partial charge in [-0.3, -0.25) is 4.79 Å². The van der Waals surface area contributed by atoms with Crippen LogP contribution in [0.15, 0.2) is 18.5 Å². The zero-order valence-corrected chi connectivity index (χ0v) is 8.01. The molecular formula is C9H12ClNO. The highest BCUT2D eigenvalue weighted by Crippen LogP contribution is 2.09. The maximum absolute atomic E-state index is 11.1. The SMILES string of the molecule is CC(C)n1ccc(C(=O)CCl)c1. The number of hydrogen-bond acceptors (Lipinski definition) is 1. The Labute approximate surface area is 77.1 Å². The third-order valence-electron chi connectivity index (χ3n) is 1.75. The minimum Gasteiger partial charge on any atom is -0.351 e. The third-order valence-corrected chi connectivity index (χ3v) is 2.00. The first-order chi connectivity index (χ1) is 5.65. The van der Waals surface area contributed by atoms with E-state index in [0.717, 1.165) is 0 Å². The lowest BCUT2D eigenvalue weighted by Crippen LogP contribution is -2.00. The first-order valence-electron chi connectivity index (χ1n) is 3.91. The Morgan fingerprint density at radius 3 is 2.75 bits per heavy atom.